The predicted molar refractivity (Wildman–Crippen MR) is 114 cm³/mol. The number of amides is 1. The van der Waals surface area contributed by atoms with Crippen LogP contribution in [-0.2, 0) is 11.3 Å². The number of nitrogens with zero attached hydrogens (tertiary/aromatic N) is 2. The maximum Gasteiger partial charge on any atom is 0.263 e. The third kappa shape index (κ3) is 3.94. The number of anilines is 1. The molecule has 1 amide bonds. The number of nitrogens with one attached hydrogen (secondary N) is 1. The van der Waals surface area contributed by atoms with Crippen LogP contribution in [0.25, 0.3) is 10.2 Å². The molecule has 1 aromatic carbocycles. The Bertz CT molecular complexity index is 1080. The number of thioether (sulfide) groups is 1. The van der Waals surface area contributed by atoms with Gasteiger partial charge in [-0.05, 0) is 63.4 Å². The minimum atomic E-state index is -0.112. The van der Waals surface area contributed by atoms with Gasteiger partial charge in [0.2, 0.25) is 5.91 Å². The summed E-state index contributed by atoms with van der Waals surface area (Å²) in [6.45, 7) is 10.5. The summed E-state index contributed by atoms with van der Waals surface area (Å²) >= 11 is 2.82. The average molecular weight is 402 g/mol. The zero-order valence-electron chi connectivity index (χ0n) is 16.2. The number of carbonyl (C=O) groups excluding carboxylic acids is 1. The second kappa shape index (κ2) is 7.86. The first kappa shape index (κ1) is 19.6. The second-order valence-electron chi connectivity index (χ2n) is 6.54. The molecule has 3 aromatic rings. The highest BCUT2D eigenvalue weighted by atomic mass is 32.2. The van der Waals surface area contributed by atoms with Crippen molar-refractivity contribution in [2.45, 2.75) is 46.3 Å². The lowest BCUT2D eigenvalue weighted by Gasteiger charge is -2.11. The molecule has 142 valence electrons. The van der Waals surface area contributed by atoms with Crippen LogP contribution >= 0.6 is 23.1 Å². The molecule has 0 aliphatic carbocycles. The number of thiophene rings is 1. The molecule has 0 fully saturated rings. The van der Waals surface area contributed by atoms with Gasteiger partial charge in [0.1, 0.15) is 4.83 Å². The lowest BCUT2D eigenvalue weighted by atomic mass is 10.1. The van der Waals surface area contributed by atoms with Gasteiger partial charge in [0.25, 0.3) is 5.56 Å². The zero-order chi connectivity index (χ0) is 19.7. The first-order chi connectivity index (χ1) is 12.8. The second-order valence-corrected chi connectivity index (χ2v) is 8.69. The fraction of sp³-hybridized carbons (Fsp3) is 0.350. The Morgan fingerprint density at radius 3 is 2.63 bits per heavy atom. The number of aryl methyl sites for hydroxylation is 4. The fourth-order valence-electron chi connectivity index (χ4n) is 2.84. The molecular formula is C20H23N3O2S2. The standard InChI is InChI=1S/C20H23N3O2S2/c1-6-23-19(25)17-13(4)14(5)27-18(17)22-20(23)26-10-16(24)21-15-8-7-11(2)12(3)9-15/h7-9H,6,10H2,1-5H3,(H,21,24). The molecule has 7 heteroatoms. The molecule has 0 radical (unpaired) electrons. The predicted octanol–water partition coefficient (Wildman–Crippen LogP) is 4.44. The van der Waals surface area contributed by atoms with E-state index in [2.05, 4.69) is 10.3 Å². The van der Waals surface area contributed by atoms with Crippen molar-refractivity contribution in [1.29, 1.82) is 0 Å². The summed E-state index contributed by atoms with van der Waals surface area (Å²) in [6.07, 6.45) is 0. The van der Waals surface area contributed by atoms with Gasteiger partial charge in [-0.1, -0.05) is 17.8 Å². The molecule has 0 saturated heterocycles. The van der Waals surface area contributed by atoms with Gasteiger partial charge in [-0.15, -0.1) is 11.3 Å². The molecule has 0 aliphatic heterocycles. The Kier molecular flexibility index (Phi) is 5.72. The summed E-state index contributed by atoms with van der Waals surface area (Å²) in [4.78, 5) is 31.7. The molecular weight excluding hydrogens is 378 g/mol. The maximum atomic E-state index is 12.8. The Balaban J connectivity index is 1.80. The van der Waals surface area contributed by atoms with Crippen LogP contribution in [0.1, 0.15) is 28.5 Å². The molecule has 0 saturated carbocycles. The van der Waals surface area contributed by atoms with Crippen molar-refractivity contribution in [3.8, 4) is 0 Å². The molecule has 27 heavy (non-hydrogen) atoms. The molecule has 5 nitrogen and oxygen atoms in total. The van der Waals surface area contributed by atoms with E-state index in [4.69, 9.17) is 0 Å². The molecule has 0 bridgehead atoms. The van der Waals surface area contributed by atoms with E-state index in [9.17, 15) is 9.59 Å². The van der Waals surface area contributed by atoms with Crippen LogP contribution in [0.2, 0.25) is 0 Å². The van der Waals surface area contributed by atoms with Crippen molar-refractivity contribution in [1.82, 2.24) is 9.55 Å². The van der Waals surface area contributed by atoms with Crippen LogP contribution < -0.4 is 10.9 Å². The SMILES string of the molecule is CCn1c(SCC(=O)Nc2ccc(C)c(C)c2)nc2sc(C)c(C)c2c1=O. The minimum absolute atomic E-state index is 0.0265. The number of hydrogen-bond donors (Lipinski definition) is 1. The van der Waals surface area contributed by atoms with Crippen LogP contribution in [-0.4, -0.2) is 21.2 Å². The van der Waals surface area contributed by atoms with Crippen LogP contribution in [0.5, 0.6) is 0 Å². The van der Waals surface area contributed by atoms with Gasteiger partial charge >= 0.3 is 0 Å². The van der Waals surface area contributed by atoms with Crippen molar-refractivity contribution < 1.29 is 4.79 Å². The average Bonchev–Trinajstić information content (AvgIpc) is 2.91. The summed E-state index contributed by atoms with van der Waals surface area (Å²) in [7, 11) is 0. The summed E-state index contributed by atoms with van der Waals surface area (Å²) < 4.78 is 1.65. The zero-order valence-corrected chi connectivity index (χ0v) is 17.8. The Labute approximate surface area is 166 Å². The molecule has 1 N–H and O–H groups in total. The van der Waals surface area contributed by atoms with E-state index in [1.54, 1.807) is 4.57 Å². The molecule has 3 rings (SSSR count). The lowest BCUT2D eigenvalue weighted by Crippen LogP contribution is -2.23. The highest BCUT2D eigenvalue weighted by Gasteiger charge is 2.17. The largest absolute Gasteiger partial charge is 0.325 e. The normalized spacial score (nSPS) is 11.1. The smallest absolute Gasteiger partial charge is 0.263 e. The molecule has 0 atom stereocenters. The number of hydrogen-bond acceptors (Lipinski definition) is 5. The lowest BCUT2D eigenvalue weighted by molar-refractivity contribution is -0.113. The van der Waals surface area contributed by atoms with Crippen molar-refractivity contribution >= 4 is 44.9 Å². The summed E-state index contributed by atoms with van der Waals surface area (Å²) in [5.41, 5.74) is 4.08. The highest BCUT2D eigenvalue weighted by molar-refractivity contribution is 7.99. The third-order valence-corrected chi connectivity index (χ3v) is 6.77. The summed E-state index contributed by atoms with van der Waals surface area (Å²) in [6, 6.07) is 5.85. The van der Waals surface area contributed by atoms with Crippen molar-refractivity contribution in [2.75, 3.05) is 11.1 Å². The van der Waals surface area contributed by atoms with E-state index in [-0.39, 0.29) is 17.2 Å². The van der Waals surface area contributed by atoms with Crippen molar-refractivity contribution in [2.24, 2.45) is 0 Å². The third-order valence-electron chi connectivity index (χ3n) is 4.69. The molecule has 0 aliphatic rings. The van der Waals surface area contributed by atoms with Gasteiger partial charge in [-0.3, -0.25) is 14.2 Å². The van der Waals surface area contributed by atoms with Crippen molar-refractivity contribution in [3.63, 3.8) is 0 Å². The number of carbonyl (C=O) groups is 1. The maximum absolute atomic E-state index is 12.8. The first-order valence-corrected chi connectivity index (χ1v) is 10.6. The summed E-state index contributed by atoms with van der Waals surface area (Å²) in [5, 5.41) is 4.20. The van der Waals surface area contributed by atoms with E-state index in [0.29, 0.717) is 17.1 Å². The topological polar surface area (TPSA) is 64.0 Å². The highest BCUT2D eigenvalue weighted by Crippen LogP contribution is 2.28. The molecule has 2 aromatic heterocycles. The Hall–Kier alpha value is -2.12. The fourth-order valence-corrected chi connectivity index (χ4v) is 4.78. The van der Waals surface area contributed by atoms with Gasteiger partial charge in [-0.2, -0.15) is 0 Å². The monoisotopic (exact) mass is 401 g/mol. The number of rotatable bonds is 5. The van der Waals surface area contributed by atoms with Crippen molar-refractivity contribution in [3.05, 3.63) is 50.1 Å². The van der Waals surface area contributed by atoms with E-state index < -0.39 is 0 Å². The van der Waals surface area contributed by atoms with Gasteiger partial charge in [0.05, 0.1) is 11.1 Å². The first-order valence-electron chi connectivity index (χ1n) is 8.82. The van der Waals surface area contributed by atoms with Crippen LogP contribution in [0.4, 0.5) is 5.69 Å². The van der Waals surface area contributed by atoms with Gasteiger partial charge in [0, 0.05) is 17.1 Å². The van der Waals surface area contributed by atoms with E-state index in [1.807, 2.05) is 52.8 Å². The van der Waals surface area contributed by atoms with Gasteiger partial charge < -0.3 is 5.32 Å². The summed E-state index contributed by atoms with van der Waals surface area (Å²) in [5.74, 6) is 0.0904. The van der Waals surface area contributed by atoms with Crippen LogP contribution in [0.15, 0.2) is 28.2 Å². The number of fused-ring (bicyclic) bond motifs is 1. The van der Waals surface area contributed by atoms with Gasteiger partial charge in [-0.25, -0.2) is 4.98 Å². The van der Waals surface area contributed by atoms with Crippen LogP contribution in [0.3, 0.4) is 0 Å². The molecule has 0 spiro atoms. The van der Waals surface area contributed by atoms with E-state index in [0.717, 1.165) is 26.5 Å². The Morgan fingerprint density at radius 1 is 1.22 bits per heavy atom. The molecule has 0 unspecified atom stereocenters. The Morgan fingerprint density at radius 2 is 1.96 bits per heavy atom. The number of benzene rings is 1. The minimum Gasteiger partial charge on any atom is -0.325 e. The van der Waals surface area contributed by atoms with Gasteiger partial charge in [0.15, 0.2) is 5.16 Å². The van der Waals surface area contributed by atoms with E-state index >= 15 is 0 Å². The van der Waals surface area contributed by atoms with E-state index in [1.165, 1.54) is 28.7 Å². The number of aromatic nitrogens is 2. The molecule has 2 heterocycles. The quantitative estimate of drug-likeness (QED) is 0.507. The van der Waals surface area contributed by atoms with Crippen LogP contribution in [0, 0.1) is 27.7 Å².